The molecule has 0 bridgehead atoms. The lowest BCUT2D eigenvalue weighted by atomic mass is 10.1. The zero-order valence-corrected chi connectivity index (χ0v) is 7.90. The molecule has 2 nitrogen and oxygen atoms in total. The fraction of sp³-hybridized carbons (Fsp3) is 0.250. The molecule has 0 heterocycles. The van der Waals surface area contributed by atoms with Gasteiger partial charge in [0.25, 0.3) is 0 Å². The third-order valence-corrected chi connectivity index (χ3v) is 1.89. The van der Waals surface area contributed by atoms with Crippen LogP contribution in [0, 0.1) is 23.7 Å². The Morgan fingerprint density at radius 2 is 2.07 bits per heavy atom. The molecular weight excluding hydrogens is 172 g/mol. The molecule has 0 aromatic heterocycles. The van der Waals surface area contributed by atoms with Crippen LogP contribution in [0.5, 0.6) is 0 Å². The van der Waals surface area contributed by atoms with Crippen LogP contribution in [-0.4, -0.2) is 12.6 Å². The Balaban J connectivity index is 2.51. The van der Waals surface area contributed by atoms with Crippen molar-refractivity contribution in [3.63, 3.8) is 0 Å². The molecule has 1 aromatic rings. The molecule has 0 spiro atoms. The summed E-state index contributed by atoms with van der Waals surface area (Å²) in [5, 5.41) is 11.8. The van der Waals surface area contributed by atoms with Crippen LogP contribution >= 0.6 is 0 Å². The van der Waals surface area contributed by atoms with Crippen LogP contribution in [0.2, 0.25) is 0 Å². The monoisotopic (exact) mass is 184 g/mol. The van der Waals surface area contributed by atoms with Gasteiger partial charge in [-0.25, -0.2) is 0 Å². The van der Waals surface area contributed by atoms with Crippen molar-refractivity contribution in [1.29, 1.82) is 5.26 Å². The lowest BCUT2D eigenvalue weighted by Gasteiger charge is -2.08. The van der Waals surface area contributed by atoms with Crippen molar-refractivity contribution in [3.8, 4) is 18.4 Å². The van der Waals surface area contributed by atoms with Gasteiger partial charge in [0, 0.05) is 6.42 Å². The Morgan fingerprint density at radius 3 is 2.64 bits per heavy atom. The van der Waals surface area contributed by atoms with Gasteiger partial charge >= 0.3 is 0 Å². The van der Waals surface area contributed by atoms with Gasteiger partial charge in [-0.2, -0.15) is 5.26 Å². The number of nitrogens with one attached hydrogen (secondary N) is 1. The van der Waals surface area contributed by atoms with Gasteiger partial charge in [-0.05, 0) is 5.56 Å². The minimum Gasteiger partial charge on any atom is -0.291 e. The van der Waals surface area contributed by atoms with Gasteiger partial charge in [-0.3, -0.25) is 5.32 Å². The Morgan fingerprint density at radius 1 is 1.36 bits per heavy atom. The first-order valence-electron chi connectivity index (χ1n) is 4.47. The minimum absolute atomic E-state index is 0.201. The predicted molar refractivity (Wildman–Crippen MR) is 56.4 cm³/mol. The van der Waals surface area contributed by atoms with Crippen molar-refractivity contribution in [2.75, 3.05) is 6.54 Å². The van der Waals surface area contributed by atoms with Crippen LogP contribution in [0.4, 0.5) is 0 Å². The molecular formula is C12H12N2. The number of nitriles is 1. The standard InChI is InChI=1S/C12H12N2/c1-2-8-14-12(10-13)9-11-6-4-3-5-7-11/h1,3-7,12,14H,8-9H2. The highest BCUT2D eigenvalue weighted by Crippen LogP contribution is 2.02. The van der Waals surface area contributed by atoms with E-state index in [4.69, 9.17) is 11.7 Å². The van der Waals surface area contributed by atoms with Crippen molar-refractivity contribution in [2.45, 2.75) is 12.5 Å². The molecule has 0 aliphatic rings. The largest absolute Gasteiger partial charge is 0.291 e. The first-order valence-corrected chi connectivity index (χ1v) is 4.47. The molecule has 1 aromatic carbocycles. The van der Waals surface area contributed by atoms with E-state index in [0.29, 0.717) is 13.0 Å². The third-order valence-electron chi connectivity index (χ3n) is 1.89. The number of terminal acetylenes is 1. The maximum Gasteiger partial charge on any atom is 0.100 e. The fourth-order valence-electron chi connectivity index (χ4n) is 1.20. The average Bonchev–Trinajstić information content (AvgIpc) is 2.25. The summed E-state index contributed by atoms with van der Waals surface area (Å²) in [5.41, 5.74) is 1.14. The van der Waals surface area contributed by atoms with E-state index in [1.165, 1.54) is 0 Å². The maximum absolute atomic E-state index is 8.83. The normalized spacial score (nSPS) is 11.3. The SMILES string of the molecule is C#CCNC(C#N)Cc1ccccc1. The Labute approximate surface area is 84.6 Å². The van der Waals surface area contributed by atoms with Gasteiger partial charge in [0.1, 0.15) is 6.04 Å². The van der Waals surface area contributed by atoms with Crippen LogP contribution < -0.4 is 5.32 Å². The molecule has 0 aliphatic heterocycles. The number of benzene rings is 1. The van der Waals surface area contributed by atoms with Crippen molar-refractivity contribution < 1.29 is 0 Å². The lowest BCUT2D eigenvalue weighted by Crippen LogP contribution is -2.29. The Kier molecular flexibility index (Phi) is 4.27. The van der Waals surface area contributed by atoms with E-state index in [2.05, 4.69) is 17.3 Å². The molecule has 0 aliphatic carbocycles. The molecule has 1 unspecified atom stereocenters. The molecule has 1 N–H and O–H groups in total. The van der Waals surface area contributed by atoms with Crippen LogP contribution in [0.15, 0.2) is 30.3 Å². The van der Waals surface area contributed by atoms with Crippen molar-refractivity contribution in [3.05, 3.63) is 35.9 Å². The summed E-state index contributed by atoms with van der Waals surface area (Å²) in [6, 6.07) is 11.9. The van der Waals surface area contributed by atoms with Crippen LogP contribution in [0.1, 0.15) is 5.56 Å². The van der Waals surface area contributed by atoms with Gasteiger partial charge in [0.05, 0.1) is 12.6 Å². The highest BCUT2D eigenvalue weighted by atomic mass is 14.9. The lowest BCUT2D eigenvalue weighted by molar-refractivity contribution is 0.647. The number of rotatable bonds is 4. The molecule has 0 radical (unpaired) electrons. The Hall–Kier alpha value is -1.77. The quantitative estimate of drug-likeness (QED) is 0.717. The van der Waals surface area contributed by atoms with E-state index >= 15 is 0 Å². The summed E-state index contributed by atoms with van der Waals surface area (Å²) < 4.78 is 0. The molecule has 1 rings (SSSR count). The zero-order chi connectivity index (χ0) is 10.2. The molecule has 0 amide bonds. The topological polar surface area (TPSA) is 35.8 Å². The van der Waals surface area contributed by atoms with E-state index in [9.17, 15) is 0 Å². The zero-order valence-electron chi connectivity index (χ0n) is 7.90. The fourth-order valence-corrected chi connectivity index (χ4v) is 1.20. The first kappa shape index (κ1) is 10.3. The van der Waals surface area contributed by atoms with E-state index in [-0.39, 0.29) is 6.04 Å². The van der Waals surface area contributed by atoms with Gasteiger partial charge in [0.15, 0.2) is 0 Å². The van der Waals surface area contributed by atoms with Crippen molar-refractivity contribution in [2.24, 2.45) is 0 Å². The molecule has 70 valence electrons. The number of hydrogen-bond donors (Lipinski definition) is 1. The van der Waals surface area contributed by atoms with Crippen molar-refractivity contribution >= 4 is 0 Å². The van der Waals surface area contributed by atoms with Crippen LogP contribution in [0.25, 0.3) is 0 Å². The minimum atomic E-state index is -0.201. The molecule has 14 heavy (non-hydrogen) atoms. The molecule has 0 saturated heterocycles. The van der Waals surface area contributed by atoms with E-state index < -0.39 is 0 Å². The van der Waals surface area contributed by atoms with E-state index in [1.807, 2.05) is 30.3 Å². The van der Waals surface area contributed by atoms with Gasteiger partial charge in [0.2, 0.25) is 0 Å². The highest BCUT2D eigenvalue weighted by molar-refractivity contribution is 5.17. The second-order valence-corrected chi connectivity index (χ2v) is 2.96. The second-order valence-electron chi connectivity index (χ2n) is 2.96. The van der Waals surface area contributed by atoms with Gasteiger partial charge in [-0.15, -0.1) is 6.42 Å². The molecule has 2 heteroatoms. The van der Waals surface area contributed by atoms with Crippen molar-refractivity contribution in [1.82, 2.24) is 5.32 Å². The molecule has 0 saturated carbocycles. The third kappa shape index (κ3) is 3.31. The summed E-state index contributed by atoms with van der Waals surface area (Å²) in [5.74, 6) is 2.46. The van der Waals surface area contributed by atoms with E-state index in [1.54, 1.807) is 0 Å². The number of hydrogen-bond acceptors (Lipinski definition) is 2. The summed E-state index contributed by atoms with van der Waals surface area (Å²) >= 11 is 0. The smallest absolute Gasteiger partial charge is 0.100 e. The van der Waals surface area contributed by atoms with E-state index in [0.717, 1.165) is 5.56 Å². The summed E-state index contributed by atoms with van der Waals surface area (Å²) in [4.78, 5) is 0. The van der Waals surface area contributed by atoms with Gasteiger partial charge in [-0.1, -0.05) is 36.3 Å². The average molecular weight is 184 g/mol. The highest BCUT2D eigenvalue weighted by Gasteiger charge is 2.05. The van der Waals surface area contributed by atoms with Gasteiger partial charge < -0.3 is 0 Å². The second kappa shape index (κ2) is 5.80. The molecule has 0 fully saturated rings. The maximum atomic E-state index is 8.83. The molecule has 1 atom stereocenters. The number of nitrogens with zero attached hydrogens (tertiary/aromatic N) is 1. The van der Waals surface area contributed by atoms with Crippen LogP contribution in [-0.2, 0) is 6.42 Å². The predicted octanol–water partition coefficient (Wildman–Crippen LogP) is 1.34. The summed E-state index contributed by atoms with van der Waals surface area (Å²) in [6.45, 7) is 0.436. The first-order chi connectivity index (χ1) is 6.86. The van der Waals surface area contributed by atoms with Crippen LogP contribution in [0.3, 0.4) is 0 Å². The Bertz CT molecular complexity index is 343. The summed E-state index contributed by atoms with van der Waals surface area (Å²) in [6.07, 6.45) is 5.80. The summed E-state index contributed by atoms with van der Waals surface area (Å²) in [7, 11) is 0.